The van der Waals surface area contributed by atoms with Crippen molar-refractivity contribution in [2.45, 2.75) is 39.8 Å². The molecule has 1 N–H and O–H groups in total. The molecule has 0 aromatic carbocycles. The Bertz CT molecular complexity index is 359. The summed E-state index contributed by atoms with van der Waals surface area (Å²) in [5, 5.41) is 3.53. The number of hydrogen-bond acceptors (Lipinski definition) is 3. The molecule has 3 heteroatoms. The first kappa shape index (κ1) is 13.5. The van der Waals surface area contributed by atoms with Gasteiger partial charge in [-0.3, -0.25) is 4.98 Å². The first-order chi connectivity index (χ1) is 8.65. The molecule has 100 valence electrons. The Kier molecular flexibility index (Phi) is 4.72. The number of likely N-dealkylation sites (tertiary alicyclic amines) is 1. The SMILES string of the molecule is Cc1ccc(CNCC2CCN(C(C)C)C2)nc1. The summed E-state index contributed by atoms with van der Waals surface area (Å²) in [5.74, 6) is 0.804. The average molecular weight is 247 g/mol. The second kappa shape index (κ2) is 6.30. The van der Waals surface area contributed by atoms with Crippen molar-refractivity contribution in [2.75, 3.05) is 19.6 Å². The molecule has 3 nitrogen and oxygen atoms in total. The molecule has 1 unspecified atom stereocenters. The largest absolute Gasteiger partial charge is 0.311 e. The zero-order chi connectivity index (χ0) is 13.0. The van der Waals surface area contributed by atoms with Crippen molar-refractivity contribution >= 4 is 0 Å². The highest BCUT2D eigenvalue weighted by Crippen LogP contribution is 2.17. The number of hydrogen-bond donors (Lipinski definition) is 1. The molecule has 2 rings (SSSR count). The van der Waals surface area contributed by atoms with Crippen LogP contribution in [0.1, 0.15) is 31.5 Å². The first-order valence-corrected chi connectivity index (χ1v) is 7.01. The molecule has 0 saturated carbocycles. The molecule has 0 spiro atoms. The highest BCUT2D eigenvalue weighted by molar-refractivity contribution is 5.11. The van der Waals surface area contributed by atoms with Gasteiger partial charge < -0.3 is 10.2 Å². The lowest BCUT2D eigenvalue weighted by Crippen LogP contribution is -2.30. The molecule has 18 heavy (non-hydrogen) atoms. The number of rotatable bonds is 5. The van der Waals surface area contributed by atoms with Gasteiger partial charge in [0.1, 0.15) is 0 Å². The van der Waals surface area contributed by atoms with E-state index in [9.17, 15) is 0 Å². The molecule has 1 fully saturated rings. The van der Waals surface area contributed by atoms with E-state index in [0.717, 1.165) is 24.7 Å². The van der Waals surface area contributed by atoms with Crippen LogP contribution in [-0.4, -0.2) is 35.6 Å². The molecule has 1 aromatic heterocycles. The topological polar surface area (TPSA) is 28.2 Å². The second-order valence-electron chi connectivity index (χ2n) is 5.70. The third-order valence-corrected chi connectivity index (χ3v) is 3.76. The van der Waals surface area contributed by atoms with Crippen LogP contribution in [-0.2, 0) is 6.54 Å². The molecule has 0 aliphatic carbocycles. The van der Waals surface area contributed by atoms with Gasteiger partial charge in [0.25, 0.3) is 0 Å². The maximum absolute atomic E-state index is 4.41. The minimum Gasteiger partial charge on any atom is -0.311 e. The van der Waals surface area contributed by atoms with Crippen molar-refractivity contribution in [1.82, 2.24) is 15.2 Å². The summed E-state index contributed by atoms with van der Waals surface area (Å²) in [4.78, 5) is 6.98. The minimum atomic E-state index is 0.689. The normalized spacial score (nSPS) is 20.8. The molecule has 0 radical (unpaired) electrons. The van der Waals surface area contributed by atoms with Crippen LogP contribution in [0.4, 0.5) is 0 Å². The van der Waals surface area contributed by atoms with Gasteiger partial charge in [-0.15, -0.1) is 0 Å². The Labute approximate surface area is 111 Å². The van der Waals surface area contributed by atoms with E-state index in [1.807, 2.05) is 6.20 Å². The van der Waals surface area contributed by atoms with Crippen LogP contribution in [0.15, 0.2) is 18.3 Å². The molecular weight excluding hydrogens is 222 g/mol. The van der Waals surface area contributed by atoms with Crippen molar-refractivity contribution in [3.63, 3.8) is 0 Å². The monoisotopic (exact) mass is 247 g/mol. The van der Waals surface area contributed by atoms with Gasteiger partial charge in [0, 0.05) is 25.3 Å². The van der Waals surface area contributed by atoms with Gasteiger partial charge >= 0.3 is 0 Å². The molecule has 0 bridgehead atoms. The summed E-state index contributed by atoms with van der Waals surface area (Å²) in [6, 6.07) is 4.92. The third-order valence-electron chi connectivity index (χ3n) is 3.76. The lowest BCUT2D eigenvalue weighted by atomic mass is 10.1. The van der Waals surface area contributed by atoms with Crippen LogP contribution < -0.4 is 5.32 Å². The Morgan fingerprint density at radius 3 is 2.89 bits per heavy atom. The van der Waals surface area contributed by atoms with Crippen molar-refractivity contribution < 1.29 is 0 Å². The van der Waals surface area contributed by atoms with Crippen LogP contribution in [0.5, 0.6) is 0 Å². The van der Waals surface area contributed by atoms with Crippen molar-refractivity contribution in [3.05, 3.63) is 29.6 Å². The van der Waals surface area contributed by atoms with Gasteiger partial charge in [-0.2, -0.15) is 0 Å². The quantitative estimate of drug-likeness (QED) is 0.864. The highest BCUT2D eigenvalue weighted by Gasteiger charge is 2.23. The van der Waals surface area contributed by atoms with Crippen molar-refractivity contribution in [3.8, 4) is 0 Å². The Balaban J connectivity index is 1.68. The molecule has 1 saturated heterocycles. The zero-order valence-electron chi connectivity index (χ0n) is 11.8. The molecule has 1 aliphatic heterocycles. The van der Waals surface area contributed by atoms with Gasteiger partial charge in [0.15, 0.2) is 0 Å². The fraction of sp³-hybridized carbons (Fsp3) is 0.667. The molecule has 0 amide bonds. The minimum absolute atomic E-state index is 0.689. The van der Waals surface area contributed by atoms with Gasteiger partial charge in [-0.05, 0) is 57.8 Å². The van der Waals surface area contributed by atoms with Crippen LogP contribution in [0, 0.1) is 12.8 Å². The summed E-state index contributed by atoms with van der Waals surface area (Å²) in [5.41, 5.74) is 2.36. The Morgan fingerprint density at radius 2 is 2.28 bits per heavy atom. The third kappa shape index (κ3) is 3.79. The first-order valence-electron chi connectivity index (χ1n) is 7.01. The van der Waals surface area contributed by atoms with E-state index in [1.54, 1.807) is 0 Å². The lowest BCUT2D eigenvalue weighted by molar-refractivity contribution is 0.264. The Morgan fingerprint density at radius 1 is 1.44 bits per heavy atom. The van der Waals surface area contributed by atoms with E-state index in [1.165, 1.54) is 25.1 Å². The van der Waals surface area contributed by atoms with E-state index in [4.69, 9.17) is 0 Å². The highest BCUT2D eigenvalue weighted by atomic mass is 15.2. The number of nitrogens with one attached hydrogen (secondary N) is 1. The number of nitrogens with zero attached hydrogens (tertiary/aromatic N) is 2. The molecule has 1 atom stereocenters. The predicted octanol–water partition coefficient (Wildman–Crippen LogP) is 2.21. The van der Waals surface area contributed by atoms with Gasteiger partial charge in [0.05, 0.1) is 5.69 Å². The van der Waals surface area contributed by atoms with E-state index >= 15 is 0 Å². The summed E-state index contributed by atoms with van der Waals surface area (Å²) in [6.45, 7) is 11.1. The van der Waals surface area contributed by atoms with Crippen molar-refractivity contribution in [2.24, 2.45) is 5.92 Å². The fourth-order valence-corrected chi connectivity index (χ4v) is 2.51. The van der Waals surface area contributed by atoms with E-state index in [2.05, 4.69) is 48.1 Å². The summed E-state index contributed by atoms with van der Waals surface area (Å²) >= 11 is 0. The zero-order valence-corrected chi connectivity index (χ0v) is 11.8. The smallest absolute Gasteiger partial charge is 0.0541 e. The number of aryl methyl sites for hydroxylation is 1. The predicted molar refractivity (Wildman–Crippen MR) is 75.5 cm³/mol. The van der Waals surface area contributed by atoms with Crippen LogP contribution >= 0.6 is 0 Å². The number of aromatic nitrogens is 1. The number of pyridine rings is 1. The fourth-order valence-electron chi connectivity index (χ4n) is 2.51. The van der Waals surface area contributed by atoms with Gasteiger partial charge in [0.2, 0.25) is 0 Å². The lowest BCUT2D eigenvalue weighted by Gasteiger charge is -2.20. The summed E-state index contributed by atoms with van der Waals surface area (Å²) < 4.78 is 0. The Hall–Kier alpha value is -0.930. The second-order valence-corrected chi connectivity index (χ2v) is 5.70. The van der Waals surface area contributed by atoms with E-state index in [0.29, 0.717) is 6.04 Å². The molecule has 2 heterocycles. The standard InChI is InChI=1S/C15H25N3/c1-12(2)18-7-6-14(11-18)9-16-10-15-5-4-13(3)8-17-15/h4-5,8,12,14,16H,6-7,9-11H2,1-3H3. The summed E-state index contributed by atoms with van der Waals surface area (Å²) in [7, 11) is 0. The van der Waals surface area contributed by atoms with E-state index in [-0.39, 0.29) is 0 Å². The summed E-state index contributed by atoms with van der Waals surface area (Å²) in [6.07, 6.45) is 3.26. The van der Waals surface area contributed by atoms with Crippen LogP contribution in [0.2, 0.25) is 0 Å². The van der Waals surface area contributed by atoms with Crippen LogP contribution in [0.3, 0.4) is 0 Å². The maximum atomic E-state index is 4.41. The maximum Gasteiger partial charge on any atom is 0.0541 e. The molecule has 1 aliphatic rings. The van der Waals surface area contributed by atoms with Gasteiger partial charge in [-0.25, -0.2) is 0 Å². The molecular formula is C15H25N3. The van der Waals surface area contributed by atoms with E-state index < -0.39 is 0 Å². The van der Waals surface area contributed by atoms with Crippen LogP contribution in [0.25, 0.3) is 0 Å². The molecule has 1 aromatic rings. The average Bonchev–Trinajstić information content (AvgIpc) is 2.81. The van der Waals surface area contributed by atoms with Gasteiger partial charge in [-0.1, -0.05) is 6.07 Å². The van der Waals surface area contributed by atoms with Crippen molar-refractivity contribution in [1.29, 1.82) is 0 Å².